The van der Waals surface area contributed by atoms with Crippen molar-refractivity contribution < 1.29 is 4.79 Å². The molecule has 0 N–H and O–H groups in total. The van der Waals surface area contributed by atoms with Gasteiger partial charge in [-0.05, 0) is 17.7 Å². The average molecular weight is 412 g/mol. The van der Waals surface area contributed by atoms with E-state index in [1.165, 1.54) is 0 Å². The highest BCUT2D eigenvalue weighted by Gasteiger charge is 2.26. The van der Waals surface area contributed by atoms with Gasteiger partial charge in [-0.2, -0.15) is 0 Å². The molecule has 0 radical (unpaired) electrons. The van der Waals surface area contributed by atoms with Crippen LogP contribution in [0.25, 0.3) is 22.2 Å². The number of rotatable bonds is 5. The normalized spacial score (nSPS) is 14.8. The van der Waals surface area contributed by atoms with Crippen molar-refractivity contribution in [1.29, 1.82) is 0 Å². The van der Waals surface area contributed by atoms with E-state index >= 15 is 0 Å². The molecule has 4 aromatic rings. The lowest BCUT2D eigenvalue weighted by Gasteiger charge is -2.34. The zero-order chi connectivity index (χ0) is 21.2. The maximum atomic E-state index is 13.6. The number of hydrogen-bond acceptors (Lipinski definition) is 5. The Morgan fingerprint density at radius 2 is 1.55 bits per heavy atom. The highest BCUT2D eigenvalue weighted by molar-refractivity contribution is 6.14. The van der Waals surface area contributed by atoms with Gasteiger partial charge in [0.25, 0.3) is 0 Å². The Balaban J connectivity index is 1.41. The highest BCUT2D eigenvalue weighted by atomic mass is 16.1. The summed E-state index contributed by atoms with van der Waals surface area (Å²) in [7, 11) is 2.04. The monoisotopic (exact) mass is 411 g/mol. The number of para-hydroxylation sites is 1. The molecule has 0 saturated carbocycles. The third-order valence-corrected chi connectivity index (χ3v) is 6.01. The molecule has 2 aromatic heterocycles. The van der Waals surface area contributed by atoms with Gasteiger partial charge < -0.3 is 9.47 Å². The van der Waals surface area contributed by atoms with Gasteiger partial charge in [-0.3, -0.25) is 9.69 Å². The predicted octanol–water partition coefficient (Wildman–Crippen LogP) is 3.64. The molecule has 0 aliphatic carbocycles. The molecule has 1 saturated heterocycles. The highest BCUT2D eigenvalue weighted by Crippen LogP contribution is 2.33. The average Bonchev–Trinajstić information content (AvgIpc) is 3.13. The number of aryl methyl sites for hydroxylation is 1. The zero-order valence-electron chi connectivity index (χ0n) is 17.6. The number of carbonyl (C=O) groups excluding carboxylic acids is 1. The minimum Gasteiger partial charge on any atom is -0.343 e. The molecule has 3 heterocycles. The molecule has 31 heavy (non-hydrogen) atoms. The molecular weight excluding hydrogens is 386 g/mol. The summed E-state index contributed by atoms with van der Waals surface area (Å²) in [5, 5.41) is 1.02. The fourth-order valence-corrected chi connectivity index (χ4v) is 4.45. The number of aromatic nitrogens is 3. The minimum atomic E-state index is 0.167. The fraction of sp³-hybridized carbons (Fsp3) is 0.240. The number of Topliss-reactive ketones (excluding diaryl/α,β-unsaturated/α-hetero) is 1. The summed E-state index contributed by atoms with van der Waals surface area (Å²) in [5.41, 5.74) is 3.95. The molecule has 6 heteroatoms. The molecule has 156 valence electrons. The van der Waals surface area contributed by atoms with Gasteiger partial charge in [0.2, 0.25) is 5.95 Å². The van der Waals surface area contributed by atoms with Crippen LogP contribution in [0.2, 0.25) is 0 Å². The Labute approximate surface area is 181 Å². The first-order chi connectivity index (χ1) is 15.2. The SMILES string of the molecule is Cn1c(-c2ccccc2)c(C(=O)CN2CCN(c3ncccn3)CC2)c2ccccc21. The lowest BCUT2D eigenvalue weighted by molar-refractivity contribution is 0.0928. The smallest absolute Gasteiger partial charge is 0.225 e. The van der Waals surface area contributed by atoms with E-state index in [4.69, 9.17) is 0 Å². The third-order valence-electron chi connectivity index (χ3n) is 6.01. The quantitative estimate of drug-likeness (QED) is 0.470. The second-order valence-corrected chi connectivity index (χ2v) is 7.90. The Morgan fingerprint density at radius 1 is 0.871 bits per heavy atom. The number of benzene rings is 2. The number of piperazine rings is 1. The van der Waals surface area contributed by atoms with Crippen molar-refractivity contribution >= 4 is 22.6 Å². The Kier molecular flexibility index (Phi) is 5.22. The molecule has 0 unspecified atom stereocenters. The Bertz CT molecular complexity index is 1190. The number of anilines is 1. The van der Waals surface area contributed by atoms with Crippen LogP contribution >= 0.6 is 0 Å². The number of ketones is 1. The zero-order valence-corrected chi connectivity index (χ0v) is 17.6. The van der Waals surface area contributed by atoms with Crippen LogP contribution in [0.15, 0.2) is 73.1 Å². The number of carbonyl (C=O) groups is 1. The van der Waals surface area contributed by atoms with E-state index in [0.29, 0.717) is 6.54 Å². The van der Waals surface area contributed by atoms with Crippen LogP contribution in [0, 0.1) is 0 Å². The van der Waals surface area contributed by atoms with Gasteiger partial charge in [-0.1, -0.05) is 48.5 Å². The maximum Gasteiger partial charge on any atom is 0.225 e. The van der Waals surface area contributed by atoms with Crippen LogP contribution in [0.3, 0.4) is 0 Å². The fourth-order valence-electron chi connectivity index (χ4n) is 4.45. The second kappa shape index (κ2) is 8.32. The van der Waals surface area contributed by atoms with Crippen LogP contribution in [-0.4, -0.2) is 57.9 Å². The molecule has 2 aromatic carbocycles. The lowest BCUT2D eigenvalue weighted by atomic mass is 10.0. The topological polar surface area (TPSA) is 54.3 Å². The summed E-state index contributed by atoms with van der Waals surface area (Å²) in [6.45, 7) is 3.68. The van der Waals surface area contributed by atoms with E-state index < -0.39 is 0 Å². The Hall–Kier alpha value is -3.51. The van der Waals surface area contributed by atoms with Gasteiger partial charge >= 0.3 is 0 Å². The molecular formula is C25H25N5O. The van der Waals surface area contributed by atoms with E-state index in [0.717, 1.165) is 59.9 Å². The Morgan fingerprint density at radius 3 is 2.29 bits per heavy atom. The molecule has 6 nitrogen and oxygen atoms in total. The summed E-state index contributed by atoms with van der Waals surface area (Å²) < 4.78 is 2.14. The first-order valence-corrected chi connectivity index (χ1v) is 10.6. The summed E-state index contributed by atoms with van der Waals surface area (Å²) >= 11 is 0. The van der Waals surface area contributed by atoms with E-state index in [-0.39, 0.29) is 5.78 Å². The van der Waals surface area contributed by atoms with Gasteiger partial charge in [0, 0.05) is 56.5 Å². The minimum absolute atomic E-state index is 0.167. The van der Waals surface area contributed by atoms with Crippen LogP contribution in [0.5, 0.6) is 0 Å². The molecule has 1 aliphatic rings. The van der Waals surface area contributed by atoms with Crippen LogP contribution < -0.4 is 4.90 Å². The van der Waals surface area contributed by atoms with Crippen molar-refractivity contribution in [3.8, 4) is 11.3 Å². The van der Waals surface area contributed by atoms with Crippen molar-refractivity contribution in [3.05, 3.63) is 78.6 Å². The van der Waals surface area contributed by atoms with Gasteiger partial charge in [0.1, 0.15) is 0 Å². The van der Waals surface area contributed by atoms with Crippen LogP contribution in [0.1, 0.15) is 10.4 Å². The summed E-state index contributed by atoms with van der Waals surface area (Å²) in [6.07, 6.45) is 3.54. The van der Waals surface area contributed by atoms with Gasteiger partial charge in [0.15, 0.2) is 5.78 Å². The number of fused-ring (bicyclic) bond motifs is 1. The molecule has 0 atom stereocenters. The van der Waals surface area contributed by atoms with Gasteiger partial charge in [-0.15, -0.1) is 0 Å². The molecule has 0 spiro atoms. The van der Waals surface area contributed by atoms with Gasteiger partial charge in [0.05, 0.1) is 17.8 Å². The first kappa shape index (κ1) is 19.5. The summed E-state index contributed by atoms with van der Waals surface area (Å²) in [6, 6.07) is 20.2. The van der Waals surface area contributed by atoms with Crippen molar-refractivity contribution in [3.63, 3.8) is 0 Å². The summed E-state index contributed by atoms with van der Waals surface area (Å²) in [5.74, 6) is 0.925. The van der Waals surface area contributed by atoms with Crippen molar-refractivity contribution in [2.24, 2.45) is 7.05 Å². The standard InChI is InChI=1S/C25H25N5O/c1-28-21-11-6-5-10-20(21)23(24(28)19-8-3-2-4-9-19)22(31)18-29-14-16-30(17-15-29)25-26-12-7-13-27-25/h2-13H,14-18H2,1H3. The van der Waals surface area contributed by atoms with E-state index in [9.17, 15) is 4.79 Å². The van der Waals surface area contributed by atoms with Crippen LogP contribution in [0.4, 0.5) is 5.95 Å². The lowest BCUT2D eigenvalue weighted by Crippen LogP contribution is -2.48. The van der Waals surface area contributed by atoms with Crippen molar-refractivity contribution in [1.82, 2.24) is 19.4 Å². The third kappa shape index (κ3) is 3.70. The predicted molar refractivity (Wildman–Crippen MR) is 123 cm³/mol. The number of hydrogen-bond donors (Lipinski definition) is 0. The molecule has 1 aliphatic heterocycles. The molecule has 0 amide bonds. The van der Waals surface area contributed by atoms with Crippen molar-refractivity contribution in [2.75, 3.05) is 37.6 Å². The van der Waals surface area contributed by atoms with E-state index in [1.54, 1.807) is 12.4 Å². The second-order valence-electron chi connectivity index (χ2n) is 7.90. The molecule has 5 rings (SSSR count). The molecule has 0 bridgehead atoms. The van der Waals surface area contributed by atoms with Crippen molar-refractivity contribution in [2.45, 2.75) is 0 Å². The maximum absolute atomic E-state index is 13.6. The molecule has 1 fully saturated rings. The summed E-state index contributed by atoms with van der Waals surface area (Å²) in [4.78, 5) is 26.7. The van der Waals surface area contributed by atoms with E-state index in [1.807, 2.05) is 43.4 Å². The van der Waals surface area contributed by atoms with Crippen LogP contribution in [-0.2, 0) is 7.05 Å². The van der Waals surface area contributed by atoms with Gasteiger partial charge in [-0.25, -0.2) is 9.97 Å². The number of nitrogens with zero attached hydrogens (tertiary/aromatic N) is 5. The van der Waals surface area contributed by atoms with E-state index in [2.05, 4.69) is 48.6 Å². The largest absolute Gasteiger partial charge is 0.343 e. The first-order valence-electron chi connectivity index (χ1n) is 10.6.